The maximum Gasteiger partial charge on any atom is 0.350 e. The molecule has 5 nitrogen and oxygen atoms in total. The minimum Gasteiger partial charge on any atom is -0.476 e. The highest BCUT2D eigenvalue weighted by molar-refractivity contribution is 6.30. The second-order valence-corrected chi connectivity index (χ2v) is 8.14. The van der Waals surface area contributed by atoms with Gasteiger partial charge in [-0.3, -0.25) is 0 Å². The Labute approximate surface area is 173 Å². The van der Waals surface area contributed by atoms with Crippen LogP contribution in [0.25, 0.3) is 11.0 Å². The summed E-state index contributed by atoms with van der Waals surface area (Å²) < 4.78 is 16.6. The van der Waals surface area contributed by atoms with Gasteiger partial charge in [0.05, 0.1) is 0 Å². The summed E-state index contributed by atoms with van der Waals surface area (Å²) in [6.07, 6.45) is 3.09. The Hall–Kier alpha value is -2.79. The molecule has 6 heteroatoms. The molecule has 0 aliphatic heterocycles. The number of esters is 1. The van der Waals surface area contributed by atoms with Crippen molar-refractivity contribution >= 4 is 28.5 Å². The number of ether oxygens (including phenoxy) is 2. The van der Waals surface area contributed by atoms with Gasteiger partial charge in [0.15, 0.2) is 5.60 Å². The first-order chi connectivity index (χ1) is 13.8. The SMILES string of the molecule is CC(C)(Oc1ccc(Cl)cc1)C(=O)OCc1cc(=O)oc2cc3c(cc12)CCC3. The Morgan fingerprint density at radius 1 is 1.10 bits per heavy atom. The lowest BCUT2D eigenvalue weighted by Gasteiger charge is -2.24. The van der Waals surface area contributed by atoms with Crippen LogP contribution in [-0.4, -0.2) is 11.6 Å². The van der Waals surface area contributed by atoms with E-state index in [-0.39, 0.29) is 6.61 Å². The molecule has 0 unspecified atom stereocenters. The van der Waals surface area contributed by atoms with E-state index in [1.165, 1.54) is 17.2 Å². The summed E-state index contributed by atoms with van der Waals surface area (Å²) in [6.45, 7) is 3.23. The molecule has 0 amide bonds. The van der Waals surface area contributed by atoms with Gasteiger partial charge in [0.1, 0.15) is 17.9 Å². The lowest BCUT2D eigenvalue weighted by Crippen LogP contribution is -2.39. The first-order valence-corrected chi connectivity index (χ1v) is 9.90. The van der Waals surface area contributed by atoms with Crippen molar-refractivity contribution in [2.45, 2.75) is 45.3 Å². The van der Waals surface area contributed by atoms with Crippen LogP contribution in [0, 0.1) is 0 Å². The van der Waals surface area contributed by atoms with Crippen LogP contribution in [-0.2, 0) is 29.0 Å². The number of fused-ring (bicyclic) bond motifs is 2. The maximum absolute atomic E-state index is 12.6. The van der Waals surface area contributed by atoms with Crippen LogP contribution in [0.5, 0.6) is 5.75 Å². The molecule has 0 saturated heterocycles. The minimum absolute atomic E-state index is 0.0346. The fourth-order valence-electron chi connectivity index (χ4n) is 3.57. The molecule has 0 spiro atoms. The normalized spacial score (nSPS) is 13.3. The first kappa shape index (κ1) is 19.5. The van der Waals surface area contributed by atoms with E-state index >= 15 is 0 Å². The Kier molecular flexibility index (Phi) is 5.09. The molecular formula is C23H21ClO5. The zero-order valence-electron chi connectivity index (χ0n) is 16.3. The van der Waals surface area contributed by atoms with Crippen molar-refractivity contribution in [1.29, 1.82) is 0 Å². The largest absolute Gasteiger partial charge is 0.476 e. The Morgan fingerprint density at radius 2 is 1.79 bits per heavy atom. The molecule has 4 rings (SSSR count). The van der Waals surface area contributed by atoms with Crippen LogP contribution in [0.3, 0.4) is 0 Å². The fourth-order valence-corrected chi connectivity index (χ4v) is 3.70. The van der Waals surface area contributed by atoms with E-state index in [4.69, 9.17) is 25.5 Å². The topological polar surface area (TPSA) is 65.7 Å². The second-order valence-electron chi connectivity index (χ2n) is 7.70. The lowest BCUT2D eigenvalue weighted by atomic mass is 10.0. The highest BCUT2D eigenvalue weighted by atomic mass is 35.5. The van der Waals surface area contributed by atoms with E-state index in [2.05, 4.69) is 0 Å². The summed E-state index contributed by atoms with van der Waals surface area (Å²) >= 11 is 5.88. The Bertz CT molecular complexity index is 1130. The smallest absolute Gasteiger partial charge is 0.350 e. The maximum atomic E-state index is 12.6. The van der Waals surface area contributed by atoms with Crippen molar-refractivity contribution in [3.05, 3.63) is 74.6 Å². The fraction of sp³-hybridized carbons (Fsp3) is 0.304. The van der Waals surface area contributed by atoms with Crippen LogP contribution in [0.1, 0.15) is 37.0 Å². The van der Waals surface area contributed by atoms with Gasteiger partial charge >= 0.3 is 11.6 Å². The van der Waals surface area contributed by atoms with Gasteiger partial charge < -0.3 is 13.9 Å². The molecule has 0 bridgehead atoms. The Morgan fingerprint density at radius 3 is 2.52 bits per heavy atom. The van der Waals surface area contributed by atoms with Crippen molar-refractivity contribution in [1.82, 2.24) is 0 Å². The molecule has 0 fully saturated rings. The summed E-state index contributed by atoms with van der Waals surface area (Å²) in [7, 11) is 0. The lowest BCUT2D eigenvalue weighted by molar-refractivity contribution is -0.160. The third-order valence-electron chi connectivity index (χ3n) is 5.08. The summed E-state index contributed by atoms with van der Waals surface area (Å²) in [5.74, 6) is -0.0206. The van der Waals surface area contributed by atoms with Crippen molar-refractivity contribution in [3.8, 4) is 5.75 Å². The quantitative estimate of drug-likeness (QED) is 0.443. The van der Waals surface area contributed by atoms with Crippen LogP contribution < -0.4 is 10.4 Å². The van der Waals surface area contributed by atoms with Gasteiger partial charge in [0.25, 0.3) is 0 Å². The average Bonchev–Trinajstić information content (AvgIpc) is 3.13. The average molecular weight is 413 g/mol. The number of benzene rings is 2. The number of halogens is 1. The molecule has 0 radical (unpaired) electrons. The summed E-state index contributed by atoms with van der Waals surface area (Å²) in [6, 6.07) is 12.1. The highest BCUT2D eigenvalue weighted by Gasteiger charge is 2.32. The number of rotatable bonds is 5. The molecule has 0 N–H and O–H groups in total. The molecule has 0 saturated carbocycles. The second kappa shape index (κ2) is 7.56. The van der Waals surface area contributed by atoms with Gasteiger partial charge in [-0.2, -0.15) is 0 Å². The van der Waals surface area contributed by atoms with Gasteiger partial charge in [-0.05, 0) is 80.6 Å². The van der Waals surface area contributed by atoms with Crippen LogP contribution in [0.4, 0.5) is 0 Å². The summed E-state index contributed by atoms with van der Waals surface area (Å²) in [5.41, 5.74) is 1.96. The number of hydrogen-bond acceptors (Lipinski definition) is 5. The number of hydrogen-bond donors (Lipinski definition) is 0. The first-order valence-electron chi connectivity index (χ1n) is 9.52. The molecule has 1 aromatic heterocycles. The van der Waals surface area contributed by atoms with Gasteiger partial charge in [-0.25, -0.2) is 9.59 Å². The third-order valence-corrected chi connectivity index (χ3v) is 5.33. The molecule has 150 valence electrons. The van der Waals surface area contributed by atoms with E-state index in [9.17, 15) is 9.59 Å². The van der Waals surface area contributed by atoms with E-state index in [0.29, 0.717) is 21.9 Å². The predicted octanol–water partition coefficient (Wildman–Crippen LogP) is 4.84. The van der Waals surface area contributed by atoms with Gasteiger partial charge in [-0.1, -0.05) is 11.6 Å². The standard InChI is InChI=1S/C23H21ClO5/c1-23(2,29-18-8-6-17(24)7-9-18)22(26)27-13-16-12-21(25)28-20-11-15-5-3-4-14(15)10-19(16)20/h6-12H,3-5,13H2,1-2H3. The Balaban J connectivity index is 1.53. The van der Waals surface area contributed by atoms with Crippen molar-refractivity contribution in [2.75, 3.05) is 0 Å². The molecule has 1 aliphatic carbocycles. The molecule has 2 aromatic carbocycles. The minimum atomic E-state index is -1.20. The van der Waals surface area contributed by atoms with Crippen molar-refractivity contribution < 1.29 is 18.7 Å². The number of carbonyl (C=O) groups excluding carboxylic acids is 1. The zero-order chi connectivity index (χ0) is 20.6. The van der Waals surface area contributed by atoms with Crippen LogP contribution in [0.15, 0.2) is 51.7 Å². The summed E-state index contributed by atoms with van der Waals surface area (Å²) in [5, 5.41) is 1.38. The van der Waals surface area contributed by atoms with Crippen LogP contribution >= 0.6 is 11.6 Å². The third kappa shape index (κ3) is 4.15. The molecule has 0 atom stereocenters. The van der Waals surface area contributed by atoms with Crippen molar-refractivity contribution in [3.63, 3.8) is 0 Å². The van der Waals surface area contributed by atoms with E-state index in [0.717, 1.165) is 24.6 Å². The van der Waals surface area contributed by atoms with E-state index < -0.39 is 17.2 Å². The molecule has 1 heterocycles. The molecule has 29 heavy (non-hydrogen) atoms. The number of carbonyl (C=O) groups is 1. The number of aryl methyl sites for hydroxylation is 2. The van der Waals surface area contributed by atoms with E-state index in [1.807, 2.05) is 12.1 Å². The molecule has 1 aliphatic rings. The van der Waals surface area contributed by atoms with Gasteiger partial charge in [0.2, 0.25) is 0 Å². The zero-order valence-corrected chi connectivity index (χ0v) is 17.0. The highest BCUT2D eigenvalue weighted by Crippen LogP contribution is 2.29. The van der Waals surface area contributed by atoms with Gasteiger partial charge in [-0.15, -0.1) is 0 Å². The molecular weight excluding hydrogens is 392 g/mol. The monoisotopic (exact) mass is 412 g/mol. The van der Waals surface area contributed by atoms with Crippen molar-refractivity contribution in [2.24, 2.45) is 0 Å². The van der Waals surface area contributed by atoms with Gasteiger partial charge in [0, 0.05) is 22.0 Å². The summed E-state index contributed by atoms with van der Waals surface area (Å²) in [4.78, 5) is 24.6. The van der Waals surface area contributed by atoms with Crippen LogP contribution in [0.2, 0.25) is 5.02 Å². The predicted molar refractivity (Wildman–Crippen MR) is 110 cm³/mol. The van der Waals surface area contributed by atoms with E-state index in [1.54, 1.807) is 38.1 Å². The molecule has 3 aromatic rings.